The van der Waals surface area contributed by atoms with Gasteiger partial charge >= 0.3 is 0 Å². The number of methoxy groups -OCH3 is 1. The van der Waals surface area contributed by atoms with Crippen molar-refractivity contribution in [3.05, 3.63) is 80.3 Å². The molecule has 2 heterocycles. The Morgan fingerprint density at radius 3 is 2.82 bits per heavy atom. The lowest BCUT2D eigenvalue weighted by Gasteiger charge is -2.17. The lowest BCUT2D eigenvalue weighted by Crippen LogP contribution is -2.37. The van der Waals surface area contributed by atoms with Crippen LogP contribution in [-0.4, -0.2) is 47.0 Å². The molecule has 3 aromatic rings. The number of benzene rings is 2. The predicted molar refractivity (Wildman–Crippen MR) is 124 cm³/mol. The third-order valence-electron chi connectivity index (χ3n) is 5.44. The molecule has 2 aromatic carbocycles. The smallest absolute Gasteiger partial charge is 0.286 e. The van der Waals surface area contributed by atoms with Crippen LogP contribution in [0.1, 0.15) is 28.0 Å². The summed E-state index contributed by atoms with van der Waals surface area (Å²) in [5.74, 6) is -0.0700. The fraction of sp³-hybridized carbons (Fsp3) is 0.304. The number of aromatic nitrogens is 1. The van der Waals surface area contributed by atoms with Gasteiger partial charge in [-0.1, -0.05) is 30.3 Å². The van der Waals surface area contributed by atoms with E-state index in [0.717, 1.165) is 19.5 Å². The Hall–Kier alpha value is -3.50. The summed E-state index contributed by atoms with van der Waals surface area (Å²) >= 11 is 1.43. The number of likely N-dealkylation sites (tertiary alicyclic amines) is 1. The molecule has 10 heteroatoms. The Balaban J connectivity index is 1.45. The molecule has 0 radical (unpaired) electrons. The Kier molecular flexibility index (Phi) is 7.16. The summed E-state index contributed by atoms with van der Waals surface area (Å²) in [6.45, 7) is 2.46. The summed E-state index contributed by atoms with van der Waals surface area (Å²) in [7, 11) is 1.43. The molecule has 0 aliphatic carbocycles. The van der Waals surface area contributed by atoms with Gasteiger partial charge in [0.05, 0.1) is 29.3 Å². The van der Waals surface area contributed by atoms with E-state index >= 15 is 0 Å². The number of nitrogens with zero attached hydrogens (tertiary/aromatic N) is 3. The van der Waals surface area contributed by atoms with E-state index in [1.54, 1.807) is 5.51 Å². The zero-order valence-corrected chi connectivity index (χ0v) is 18.9. The number of rotatable bonds is 9. The highest BCUT2D eigenvalue weighted by molar-refractivity contribution is 7.07. The van der Waals surface area contributed by atoms with Crippen LogP contribution in [0.2, 0.25) is 0 Å². The fourth-order valence-electron chi connectivity index (χ4n) is 3.81. The van der Waals surface area contributed by atoms with E-state index < -0.39 is 10.8 Å². The SMILES string of the molecule is COc1cc(C(=O)NC2CCN(Cc3ccccc3)C2)c([N+](=O)[O-])cc1OCc1cscn1. The van der Waals surface area contributed by atoms with Crippen molar-refractivity contribution >= 4 is 22.9 Å². The van der Waals surface area contributed by atoms with Crippen LogP contribution in [0, 0.1) is 10.1 Å². The molecule has 172 valence electrons. The van der Waals surface area contributed by atoms with Gasteiger partial charge in [-0.3, -0.25) is 19.8 Å². The normalized spacial score (nSPS) is 15.8. The number of nitrogens with one attached hydrogen (secondary N) is 1. The van der Waals surface area contributed by atoms with Crippen molar-refractivity contribution in [2.24, 2.45) is 0 Å². The lowest BCUT2D eigenvalue weighted by molar-refractivity contribution is -0.385. The summed E-state index contributed by atoms with van der Waals surface area (Å²) in [5, 5.41) is 16.5. The molecule has 1 fully saturated rings. The van der Waals surface area contributed by atoms with Gasteiger partial charge in [-0.05, 0) is 12.0 Å². The molecule has 1 unspecified atom stereocenters. The largest absolute Gasteiger partial charge is 0.493 e. The summed E-state index contributed by atoms with van der Waals surface area (Å²) in [6, 6.07) is 12.6. The molecule has 33 heavy (non-hydrogen) atoms. The van der Waals surface area contributed by atoms with Crippen molar-refractivity contribution in [2.45, 2.75) is 25.6 Å². The molecule has 0 bridgehead atoms. The molecule has 1 atom stereocenters. The van der Waals surface area contributed by atoms with Gasteiger partial charge in [-0.2, -0.15) is 0 Å². The Morgan fingerprint density at radius 1 is 1.30 bits per heavy atom. The van der Waals surface area contributed by atoms with E-state index in [0.29, 0.717) is 12.2 Å². The molecule has 1 aliphatic heterocycles. The van der Waals surface area contributed by atoms with E-state index in [9.17, 15) is 14.9 Å². The first kappa shape index (κ1) is 22.7. The van der Waals surface area contributed by atoms with E-state index in [-0.39, 0.29) is 35.4 Å². The van der Waals surface area contributed by atoms with E-state index in [2.05, 4.69) is 27.3 Å². The third kappa shape index (κ3) is 5.65. The molecule has 1 aliphatic rings. The lowest BCUT2D eigenvalue weighted by atomic mass is 10.1. The predicted octanol–water partition coefficient (Wildman–Crippen LogP) is 3.64. The minimum absolute atomic E-state index is 0.0561. The summed E-state index contributed by atoms with van der Waals surface area (Å²) < 4.78 is 11.0. The number of ether oxygens (including phenoxy) is 2. The minimum Gasteiger partial charge on any atom is -0.493 e. The maximum Gasteiger partial charge on any atom is 0.286 e. The van der Waals surface area contributed by atoms with E-state index in [4.69, 9.17) is 9.47 Å². The average molecular weight is 469 g/mol. The fourth-order valence-corrected chi connectivity index (χ4v) is 4.36. The van der Waals surface area contributed by atoms with Crippen molar-refractivity contribution in [1.82, 2.24) is 15.2 Å². The number of carbonyl (C=O) groups excluding carboxylic acids is 1. The van der Waals surface area contributed by atoms with Crippen LogP contribution in [0.3, 0.4) is 0 Å². The summed E-state index contributed by atoms with van der Waals surface area (Å²) in [6.07, 6.45) is 0.776. The topological polar surface area (TPSA) is 107 Å². The second-order valence-corrected chi connectivity index (χ2v) is 8.44. The molecule has 0 spiro atoms. The number of nitro groups is 1. The van der Waals surface area contributed by atoms with Crippen molar-refractivity contribution < 1.29 is 19.2 Å². The van der Waals surface area contributed by atoms with Crippen molar-refractivity contribution in [2.75, 3.05) is 20.2 Å². The van der Waals surface area contributed by atoms with Crippen LogP contribution in [0.4, 0.5) is 5.69 Å². The van der Waals surface area contributed by atoms with Gasteiger partial charge in [0.15, 0.2) is 11.5 Å². The summed E-state index contributed by atoms with van der Waals surface area (Å²) in [5.41, 5.74) is 3.20. The van der Waals surface area contributed by atoms with Gasteiger partial charge in [0.2, 0.25) is 0 Å². The highest BCUT2D eigenvalue weighted by Crippen LogP contribution is 2.35. The Labute approximate surface area is 195 Å². The summed E-state index contributed by atoms with van der Waals surface area (Å²) in [4.78, 5) is 30.5. The standard InChI is InChI=1S/C23H24N4O5S/c1-31-21-9-19(20(27(29)30)10-22(21)32-13-18-14-33-15-24-18)23(28)25-17-7-8-26(12-17)11-16-5-3-2-4-6-16/h2-6,9-10,14-15,17H,7-8,11-13H2,1H3,(H,25,28). The maximum atomic E-state index is 13.0. The number of hydrogen-bond donors (Lipinski definition) is 1. The van der Waals surface area contributed by atoms with Crippen molar-refractivity contribution in [1.29, 1.82) is 0 Å². The van der Waals surface area contributed by atoms with Crippen LogP contribution in [0.25, 0.3) is 0 Å². The number of thiazole rings is 1. The van der Waals surface area contributed by atoms with Crippen LogP contribution in [0.5, 0.6) is 11.5 Å². The second kappa shape index (κ2) is 10.4. The van der Waals surface area contributed by atoms with Crippen LogP contribution in [0.15, 0.2) is 53.4 Å². The average Bonchev–Trinajstić information content (AvgIpc) is 3.50. The van der Waals surface area contributed by atoms with Gasteiger partial charge in [-0.25, -0.2) is 4.98 Å². The quantitative estimate of drug-likeness (QED) is 0.377. The second-order valence-electron chi connectivity index (χ2n) is 7.73. The zero-order chi connectivity index (χ0) is 23.2. The van der Waals surface area contributed by atoms with Crippen LogP contribution >= 0.6 is 11.3 Å². The molecule has 1 aromatic heterocycles. The number of nitro benzene ring substituents is 1. The highest BCUT2D eigenvalue weighted by Gasteiger charge is 2.29. The molecule has 4 rings (SSSR count). The van der Waals surface area contributed by atoms with Gasteiger partial charge in [0.25, 0.3) is 11.6 Å². The number of hydrogen-bond acceptors (Lipinski definition) is 8. The minimum atomic E-state index is -0.583. The Bertz CT molecular complexity index is 1110. The van der Waals surface area contributed by atoms with E-state index in [1.165, 1.54) is 36.1 Å². The van der Waals surface area contributed by atoms with Gasteiger partial charge in [-0.15, -0.1) is 11.3 Å². The maximum absolute atomic E-state index is 13.0. The third-order valence-corrected chi connectivity index (χ3v) is 6.07. The first-order valence-corrected chi connectivity index (χ1v) is 11.4. The molecule has 0 saturated carbocycles. The van der Waals surface area contributed by atoms with Crippen molar-refractivity contribution in [3.63, 3.8) is 0 Å². The Morgan fingerprint density at radius 2 is 2.12 bits per heavy atom. The number of amides is 1. The molecule has 1 saturated heterocycles. The molecule has 1 N–H and O–H groups in total. The van der Waals surface area contributed by atoms with Gasteiger partial charge in [0, 0.05) is 37.1 Å². The van der Waals surface area contributed by atoms with Gasteiger partial charge < -0.3 is 14.8 Å². The first-order valence-electron chi connectivity index (χ1n) is 10.5. The molecule has 1 amide bonds. The molecule has 9 nitrogen and oxygen atoms in total. The monoisotopic (exact) mass is 468 g/mol. The van der Waals surface area contributed by atoms with E-state index in [1.807, 2.05) is 23.6 Å². The zero-order valence-electron chi connectivity index (χ0n) is 18.1. The van der Waals surface area contributed by atoms with Crippen LogP contribution in [-0.2, 0) is 13.2 Å². The van der Waals surface area contributed by atoms with Gasteiger partial charge in [0.1, 0.15) is 12.2 Å². The van der Waals surface area contributed by atoms with Crippen LogP contribution < -0.4 is 14.8 Å². The molecular weight excluding hydrogens is 444 g/mol. The molecular formula is C23H24N4O5S. The highest BCUT2D eigenvalue weighted by atomic mass is 32.1. The van der Waals surface area contributed by atoms with Crippen molar-refractivity contribution in [3.8, 4) is 11.5 Å². The number of carbonyl (C=O) groups is 1. The first-order chi connectivity index (χ1) is 16.0.